The van der Waals surface area contributed by atoms with Crippen molar-refractivity contribution in [3.05, 3.63) is 72.1 Å². The summed E-state index contributed by atoms with van der Waals surface area (Å²) < 4.78 is 23.5. The number of carbonyl (C=O) groups excluding carboxylic acids is 2. The third kappa shape index (κ3) is 5.48. The van der Waals surface area contributed by atoms with E-state index < -0.39 is 21.8 Å². The van der Waals surface area contributed by atoms with E-state index in [9.17, 15) is 18.0 Å². The van der Waals surface area contributed by atoms with Gasteiger partial charge in [0.2, 0.25) is 5.91 Å². The smallest absolute Gasteiger partial charge is 0.254 e. The molecule has 0 aliphatic heterocycles. The van der Waals surface area contributed by atoms with Crippen LogP contribution in [0.4, 0.5) is 5.13 Å². The predicted octanol–water partition coefficient (Wildman–Crippen LogP) is 2.24. The Hall–Kier alpha value is -3.90. The highest BCUT2D eigenvalue weighted by atomic mass is 32.2. The molecule has 0 bridgehead atoms. The lowest BCUT2D eigenvalue weighted by Gasteiger charge is -2.04. The van der Waals surface area contributed by atoms with Gasteiger partial charge in [0, 0.05) is 23.3 Å². The van der Waals surface area contributed by atoms with E-state index in [1.165, 1.54) is 11.3 Å². The van der Waals surface area contributed by atoms with Gasteiger partial charge in [-0.2, -0.15) is 9.19 Å². The van der Waals surface area contributed by atoms with Crippen LogP contribution in [-0.4, -0.2) is 52.2 Å². The molecule has 33 heavy (non-hydrogen) atoms. The van der Waals surface area contributed by atoms with E-state index >= 15 is 0 Å². The van der Waals surface area contributed by atoms with E-state index in [1.807, 2.05) is 41.8 Å². The van der Waals surface area contributed by atoms with Crippen LogP contribution in [0.1, 0.15) is 10.4 Å². The number of carbonyl (C=O) groups is 2. The number of nitrogens with zero attached hydrogens (tertiary/aromatic N) is 4. The molecule has 168 valence electrons. The molecule has 1 aromatic carbocycles. The van der Waals surface area contributed by atoms with Crippen LogP contribution in [0.15, 0.2) is 66.6 Å². The number of nitrogens with one attached hydrogen (secondary N) is 2. The summed E-state index contributed by atoms with van der Waals surface area (Å²) in [4.78, 5) is 32.8. The van der Waals surface area contributed by atoms with Crippen molar-refractivity contribution in [3.63, 3.8) is 0 Å². The number of anilines is 1. The Morgan fingerprint density at radius 1 is 1.09 bits per heavy atom. The van der Waals surface area contributed by atoms with Gasteiger partial charge in [0.25, 0.3) is 15.9 Å². The third-order valence-corrected chi connectivity index (χ3v) is 6.13. The number of hydrogen-bond donors (Lipinski definition) is 2. The first kappa shape index (κ1) is 22.3. The lowest BCUT2D eigenvalue weighted by Crippen LogP contribution is -2.32. The van der Waals surface area contributed by atoms with Crippen molar-refractivity contribution in [2.45, 2.75) is 0 Å². The summed E-state index contributed by atoms with van der Waals surface area (Å²) in [5.74, 6) is -1.09. The molecule has 2 amide bonds. The molecule has 0 aliphatic carbocycles. The highest BCUT2D eigenvalue weighted by Crippen LogP contribution is 2.28. The fourth-order valence-electron chi connectivity index (χ4n) is 2.90. The van der Waals surface area contributed by atoms with Gasteiger partial charge in [0.1, 0.15) is 0 Å². The van der Waals surface area contributed by atoms with Gasteiger partial charge in [-0.05, 0) is 29.3 Å². The zero-order chi connectivity index (χ0) is 23.4. The number of pyridine rings is 1. The Bertz CT molecular complexity index is 1410. The molecule has 0 aliphatic rings. The molecular weight excluding hydrogens is 464 g/mol. The fraction of sp³-hybridized carbons (Fsp3) is 0.0952. The average Bonchev–Trinajstić information content (AvgIpc) is 3.48. The first-order valence-corrected chi connectivity index (χ1v) is 12.3. The van der Waals surface area contributed by atoms with Crippen LogP contribution >= 0.6 is 11.3 Å². The van der Waals surface area contributed by atoms with E-state index in [2.05, 4.69) is 25.7 Å². The molecule has 10 nitrogen and oxygen atoms in total. The molecule has 0 radical (unpaired) electrons. The standard InChI is InChI=1S/C21H18N6O4S2/c1-33(30,31)27-12-17(10-24-27)20(29)23-11-19(28)26-21-25-18(13-32-21)16-4-2-3-15(9-16)14-5-7-22-8-6-14/h2-10,12-13H,11H2,1H3,(H,23,29)(H,25,26,28). The topological polar surface area (TPSA) is 136 Å². The highest BCUT2D eigenvalue weighted by Gasteiger charge is 2.15. The Balaban J connectivity index is 1.36. The molecule has 0 saturated carbocycles. The summed E-state index contributed by atoms with van der Waals surface area (Å²) in [6.45, 7) is -0.310. The lowest BCUT2D eigenvalue weighted by atomic mass is 10.0. The first-order valence-electron chi connectivity index (χ1n) is 9.59. The van der Waals surface area contributed by atoms with Crippen molar-refractivity contribution in [2.75, 3.05) is 18.1 Å². The molecule has 0 unspecified atom stereocenters. The van der Waals surface area contributed by atoms with Gasteiger partial charge in [0.05, 0.1) is 36.5 Å². The maximum absolute atomic E-state index is 12.2. The Labute approximate surface area is 193 Å². The van der Waals surface area contributed by atoms with Gasteiger partial charge in [-0.1, -0.05) is 18.2 Å². The molecule has 3 aromatic heterocycles. The molecule has 4 rings (SSSR count). The molecule has 0 saturated heterocycles. The second-order valence-corrected chi connectivity index (χ2v) is 9.65. The maximum Gasteiger partial charge on any atom is 0.254 e. The van der Waals surface area contributed by atoms with Crippen molar-refractivity contribution in [3.8, 4) is 22.4 Å². The largest absolute Gasteiger partial charge is 0.343 e. The van der Waals surface area contributed by atoms with Crippen molar-refractivity contribution in [2.24, 2.45) is 0 Å². The zero-order valence-corrected chi connectivity index (χ0v) is 18.9. The molecule has 0 atom stereocenters. The molecule has 0 fully saturated rings. The minimum absolute atomic E-state index is 0.0267. The van der Waals surface area contributed by atoms with Crippen molar-refractivity contribution in [1.82, 2.24) is 24.5 Å². The minimum Gasteiger partial charge on any atom is -0.343 e. The normalized spacial score (nSPS) is 11.2. The number of hydrogen-bond acceptors (Lipinski definition) is 8. The summed E-state index contributed by atoms with van der Waals surface area (Å²) >= 11 is 1.27. The molecular formula is C21H18N6O4S2. The van der Waals surface area contributed by atoms with E-state index in [1.54, 1.807) is 12.4 Å². The van der Waals surface area contributed by atoms with E-state index in [-0.39, 0.29) is 12.1 Å². The fourth-order valence-corrected chi connectivity index (χ4v) is 4.15. The van der Waals surface area contributed by atoms with Gasteiger partial charge >= 0.3 is 0 Å². The number of rotatable bonds is 7. The van der Waals surface area contributed by atoms with E-state index in [0.717, 1.165) is 35.3 Å². The van der Waals surface area contributed by atoms with Crippen LogP contribution in [0.2, 0.25) is 0 Å². The van der Waals surface area contributed by atoms with Gasteiger partial charge in [-0.3, -0.25) is 14.6 Å². The zero-order valence-electron chi connectivity index (χ0n) is 17.3. The first-order chi connectivity index (χ1) is 15.8. The van der Waals surface area contributed by atoms with Crippen molar-refractivity contribution in [1.29, 1.82) is 0 Å². The van der Waals surface area contributed by atoms with Gasteiger partial charge < -0.3 is 10.6 Å². The molecule has 2 N–H and O–H groups in total. The predicted molar refractivity (Wildman–Crippen MR) is 124 cm³/mol. The Morgan fingerprint density at radius 2 is 1.85 bits per heavy atom. The molecule has 4 aromatic rings. The van der Waals surface area contributed by atoms with Gasteiger partial charge in [-0.25, -0.2) is 13.4 Å². The summed E-state index contributed by atoms with van der Waals surface area (Å²) in [6.07, 6.45) is 6.62. The van der Waals surface area contributed by atoms with Crippen LogP contribution in [0.25, 0.3) is 22.4 Å². The molecule has 12 heteroatoms. The van der Waals surface area contributed by atoms with Gasteiger partial charge in [-0.15, -0.1) is 11.3 Å². The molecule has 3 heterocycles. The van der Waals surface area contributed by atoms with Gasteiger partial charge in [0.15, 0.2) is 5.13 Å². The number of benzene rings is 1. The van der Waals surface area contributed by atoms with Crippen LogP contribution in [0, 0.1) is 0 Å². The second kappa shape index (κ2) is 9.30. The summed E-state index contributed by atoms with van der Waals surface area (Å²) in [6, 6.07) is 11.7. The van der Waals surface area contributed by atoms with Crippen molar-refractivity contribution < 1.29 is 18.0 Å². The quantitative estimate of drug-likeness (QED) is 0.412. The summed E-state index contributed by atoms with van der Waals surface area (Å²) in [5.41, 5.74) is 3.70. The lowest BCUT2D eigenvalue weighted by molar-refractivity contribution is -0.115. The summed E-state index contributed by atoms with van der Waals surface area (Å²) in [7, 11) is -3.59. The highest BCUT2D eigenvalue weighted by molar-refractivity contribution is 7.89. The number of aromatic nitrogens is 4. The molecule has 0 spiro atoms. The number of thiazole rings is 1. The van der Waals surface area contributed by atoms with E-state index in [4.69, 9.17) is 0 Å². The van der Waals surface area contributed by atoms with E-state index in [0.29, 0.717) is 14.9 Å². The average molecular weight is 483 g/mol. The SMILES string of the molecule is CS(=O)(=O)n1cc(C(=O)NCC(=O)Nc2nc(-c3cccc(-c4ccncc4)c3)cs2)cn1. The third-order valence-electron chi connectivity index (χ3n) is 4.49. The van der Waals surface area contributed by atoms with Crippen LogP contribution in [0.3, 0.4) is 0 Å². The monoisotopic (exact) mass is 482 g/mol. The Kier molecular flexibility index (Phi) is 6.29. The van der Waals surface area contributed by atoms with Crippen molar-refractivity contribution >= 4 is 38.3 Å². The number of amides is 2. The van der Waals surface area contributed by atoms with Crippen LogP contribution in [-0.2, 0) is 14.8 Å². The Morgan fingerprint density at radius 3 is 2.58 bits per heavy atom. The summed E-state index contributed by atoms with van der Waals surface area (Å²) in [5, 5.41) is 10.9. The maximum atomic E-state index is 12.2. The van der Waals surface area contributed by atoms with Crippen LogP contribution < -0.4 is 10.6 Å². The second-order valence-electron chi connectivity index (χ2n) is 6.95. The minimum atomic E-state index is -3.59. The van der Waals surface area contributed by atoms with Crippen LogP contribution in [0.5, 0.6) is 0 Å².